The maximum atomic E-state index is 5.38. The lowest BCUT2D eigenvalue weighted by Gasteiger charge is -2.12. The normalized spacial score (nSPS) is 10.3. The molecule has 0 aliphatic carbocycles. The Labute approximate surface area is 153 Å². The van der Waals surface area contributed by atoms with Crippen molar-refractivity contribution >= 4 is 17.5 Å². The Morgan fingerprint density at radius 1 is 0.962 bits per heavy atom. The second-order valence-electron chi connectivity index (χ2n) is 5.80. The van der Waals surface area contributed by atoms with Gasteiger partial charge in [0.05, 0.1) is 19.9 Å². The van der Waals surface area contributed by atoms with Crippen LogP contribution in [-0.2, 0) is 6.54 Å². The summed E-state index contributed by atoms with van der Waals surface area (Å²) < 4.78 is 10.6. The summed E-state index contributed by atoms with van der Waals surface area (Å²) in [6.07, 6.45) is 1.72. The fourth-order valence-electron chi connectivity index (χ4n) is 2.49. The van der Waals surface area contributed by atoms with Gasteiger partial charge in [0, 0.05) is 12.7 Å². The van der Waals surface area contributed by atoms with Gasteiger partial charge in [-0.3, -0.25) is 0 Å². The third-order valence-electron chi connectivity index (χ3n) is 3.89. The first kappa shape index (κ1) is 17.5. The van der Waals surface area contributed by atoms with Crippen molar-refractivity contribution in [3.63, 3.8) is 0 Å². The molecule has 0 fully saturated rings. The van der Waals surface area contributed by atoms with E-state index in [0.29, 0.717) is 12.5 Å². The standard InChI is InChI=1S/C20H22N4O2/c1-14-4-9-18(26-3)17(12-14)23-20-21-11-10-19(24-20)22-13-15-5-7-16(25-2)8-6-15/h4-12H,13H2,1-3H3,(H2,21,22,23,24). The Balaban J connectivity index is 1.69. The van der Waals surface area contributed by atoms with Crippen molar-refractivity contribution < 1.29 is 9.47 Å². The van der Waals surface area contributed by atoms with Crippen LogP contribution in [0.1, 0.15) is 11.1 Å². The van der Waals surface area contributed by atoms with Gasteiger partial charge in [-0.05, 0) is 48.4 Å². The molecule has 0 spiro atoms. The van der Waals surface area contributed by atoms with Gasteiger partial charge in [-0.25, -0.2) is 4.98 Å². The van der Waals surface area contributed by atoms with Gasteiger partial charge >= 0.3 is 0 Å². The van der Waals surface area contributed by atoms with Crippen LogP contribution in [0.2, 0.25) is 0 Å². The van der Waals surface area contributed by atoms with E-state index in [0.717, 1.165) is 34.1 Å². The molecule has 0 aliphatic heterocycles. The van der Waals surface area contributed by atoms with Crippen LogP contribution in [0.25, 0.3) is 0 Å². The summed E-state index contributed by atoms with van der Waals surface area (Å²) in [6.45, 7) is 2.69. The minimum Gasteiger partial charge on any atom is -0.497 e. The zero-order valence-corrected chi connectivity index (χ0v) is 15.1. The fraction of sp³-hybridized carbons (Fsp3) is 0.200. The van der Waals surface area contributed by atoms with Crippen molar-refractivity contribution in [2.75, 3.05) is 24.9 Å². The molecule has 2 aromatic carbocycles. The summed E-state index contributed by atoms with van der Waals surface area (Å²) in [5.41, 5.74) is 3.10. The average molecular weight is 350 g/mol. The van der Waals surface area contributed by atoms with Crippen molar-refractivity contribution in [2.45, 2.75) is 13.5 Å². The minimum absolute atomic E-state index is 0.508. The Morgan fingerprint density at radius 3 is 2.50 bits per heavy atom. The molecule has 6 heteroatoms. The molecule has 0 saturated carbocycles. The van der Waals surface area contributed by atoms with Crippen molar-refractivity contribution in [3.05, 3.63) is 65.9 Å². The van der Waals surface area contributed by atoms with E-state index in [1.54, 1.807) is 20.4 Å². The van der Waals surface area contributed by atoms with Gasteiger partial charge in [0.15, 0.2) is 0 Å². The highest BCUT2D eigenvalue weighted by Gasteiger charge is 2.06. The number of nitrogens with one attached hydrogen (secondary N) is 2. The van der Waals surface area contributed by atoms with Gasteiger partial charge in [0.1, 0.15) is 17.3 Å². The number of hydrogen-bond acceptors (Lipinski definition) is 6. The number of ether oxygens (including phenoxy) is 2. The molecule has 2 N–H and O–H groups in total. The van der Waals surface area contributed by atoms with Crippen LogP contribution < -0.4 is 20.1 Å². The summed E-state index contributed by atoms with van der Waals surface area (Å²) in [6, 6.07) is 15.7. The van der Waals surface area contributed by atoms with E-state index in [1.807, 2.05) is 55.5 Å². The Kier molecular flexibility index (Phi) is 5.53. The molecule has 3 aromatic rings. The van der Waals surface area contributed by atoms with E-state index >= 15 is 0 Å². The Morgan fingerprint density at radius 2 is 1.77 bits per heavy atom. The number of benzene rings is 2. The highest BCUT2D eigenvalue weighted by atomic mass is 16.5. The summed E-state index contributed by atoms with van der Waals surface area (Å²) in [5.74, 6) is 2.84. The zero-order valence-electron chi connectivity index (χ0n) is 15.1. The van der Waals surface area contributed by atoms with Crippen molar-refractivity contribution in [1.82, 2.24) is 9.97 Å². The maximum Gasteiger partial charge on any atom is 0.229 e. The molecule has 6 nitrogen and oxygen atoms in total. The lowest BCUT2D eigenvalue weighted by molar-refractivity contribution is 0.414. The highest BCUT2D eigenvalue weighted by Crippen LogP contribution is 2.27. The van der Waals surface area contributed by atoms with Crippen molar-refractivity contribution in [1.29, 1.82) is 0 Å². The lowest BCUT2D eigenvalue weighted by Crippen LogP contribution is -2.05. The second kappa shape index (κ2) is 8.20. The summed E-state index contributed by atoms with van der Waals surface area (Å²) in [4.78, 5) is 8.79. The summed E-state index contributed by atoms with van der Waals surface area (Å²) >= 11 is 0. The Bertz CT molecular complexity index is 866. The van der Waals surface area contributed by atoms with Gasteiger partial charge in [-0.1, -0.05) is 18.2 Å². The monoisotopic (exact) mass is 350 g/mol. The van der Waals surface area contributed by atoms with Gasteiger partial charge < -0.3 is 20.1 Å². The molecule has 134 valence electrons. The number of anilines is 3. The summed E-state index contributed by atoms with van der Waals surface area (Å²) in [7, 11) is 3.30. The van der Waals surface area contributed by atoms with Gasteiger partial charge in [0.2, 0.25) is 5.95 Å². The van der Waals surface area contributed by atoms with Gasteiger partial charge in [-0.15, -0.1) is 0 Å². The molecule has 0 bridgehead atoms. The molecule has 0 amide bonds. The first-order valence-corrected chi connectivity index (χ1v) is 8.29. The Hall–Kier alpha value is -3.28. The number of aromatic nitrogens is 2. The minimum atomic E-state index is 0.508. The quantitative estimate of drug-likeness (QED) is 0.667. The predicted molar refractivity (Wildman–Crippen MR) is 103 cm³/mol. The van der Waals surface area contributed by atoms with Crippen LogP contribution in [0.3, 0.4) is 0 Å². The number of rotatable bonds is 7. The van der Waals surface area contributed by atoms with Gasteiger partial charge in [-0.2, -0.15) is 4.98 Å². The van der Waals surface area contributed by atoms with E-state index < -0.39 is 0 Å². The molecule has 0 aliphatic rings. The van der Waals surface area contributed by atoms with Crippen LogP contribution in [0.4, 0.5) is 17.5 Å². The highest BCUT2D eigenvalue weighted by molar-refractivity contribution is 5.64. The molecule has 1 heterocycles. The van der Waals surface area contributed by atoms with E-state index in [4.69, 9.17) is 9.47 Å². The van der Waals surface area contributed by atoms with Crippen LogP contribution in [0.5, 0.6) is 11.5 Å². The smallest absolute Gasteiger partial charge is 0.229 e. The zero-order chi connectivity index (χ0) is 18.4. The van der Waals surface area contributed by atoms with Crippen LogP contribution in [0.15, 0.2) is 54.7 Å². The third-order valence-corrected chi connectivity index (χ3v) is 3.89. The topological polar surface area (TPSA) is 68.3 Å². The van der Waals surface area contributed by atoms with E-state index in [2.05, 4.69) is 20.6 Å². The lowest BCUT2D eigenvalue weighted by atomic mass is 10.2. The van der Waals surface area contributed by atoms with Crippen LogP contribution in [0, 0.1) is 6.92 Å². The van der Waals surface area contributed by atoms with E-state index in [-0.39, 0.29) is 0 Å². The average Bonchev–Trinajstić information content (AvgIpc) is 2.67. The molecular formula is C20H22N4O2. The molecular weight excluding hydrogens is 328 g/mol. The molecule has 0 atom stereocenters. The van der Waals surface area contributed by atoms with Crippen molar-refractivity contribution in [2.24, 2.45) is 0 Å². The second-order valence-corrected chi connectivity index (χ2v) is 5.80. The van der Waals surface area contributed by atoms with Crippen LogP contribution in [-0.4, -0.2) is 24.2 Å². The third kappa shape index (κ3) is 4.42. The number of nitrogens with zero attached hydrogens (tertiary/aromatic N) is 2. The number of methoxy groups -OCH3 is 2. The molecule has 26 heavy (non-hydrogen) atoms. The molecule has 0 saturated heterocycles. The number of aryl methyl sites for hydroxylation is 1. The largest absolute Gasteiger partial charge is 0.497 e. The van der Waals surface area contributed by atoms with Crippen molar-refractivity contribution in [3.8, 4) is 11.5 Å². The first-order valence-electron chi connectivity index (χ1n) is 8.29. The molecule has 0 unspecified atom stereocenters. The predicted octanol–water partition coefficient (Wildman–Crippen LogP) is 4.16. The van der Waals surface area contributed by atoms with E-state index in [1.165, 1.54) is 0 Å². The first-order chi connectivity index (χ1) is 12.7. The number of hydrogen-bond donors (Lipinski definition) is 2. The molecule has 1 aromatic heterocycles. The molecule has 0 radical (unpaired) electrons. The van der Waals surface area contributed by atoms with Crippen LogP contribution >= 0.6 is 0 Å². The summed E-state index contributed by atoms with van der Waals surface area (Å²) in [5, 5.41) is 6.52. The maximum absolute atomic E-state index is 5.38. The van der Waals surface area contributed by atoms with Gasteiger partial charge in [0.25, 0.3) is 0 Å². The van der Waals surface area contributed by atoms with E-state index in [9.17, 15) is 0 Å². The molecule has 3 rings (SSSR count). The SMILES string of the molecule is COc1ccc(CNc2ccnc(Nc3cc(C)ccc3OC)n2)cc1. The fourth-order valence-corrected chi connectivity index (χ4v) is 2.49.